The minimum atomic E-state index is -3.73. The number of carbonyl (C=O) groups is 2. The van der Waals surface area contributed by atoms with Crippen molar-refractivity contribution in [3.63, 3.8) is 0 Å². The smallest absolute Gasteiger partial charge is 0.305 e. The molecule has 0 aliphatic heterocycles. The standard InChI is InChI=1S/C15H24N2O6S/c1-6-15(7-2,9-13(18)19)16-14(20)11-8-12(10(3)23-11)24(21,22)17(4)5/h8H,6-7,9H2,1-5H3,(H,16,20)(H,18,19). The highest BCUT2D eigenvalue weighted by Gasteiger charge is 2.33. The lowest BCUT2D eigenvalue weighted by Crippen LogP contribution is -2.49. The van der Waals surface area contributed by atoms with Gasteiger partial charge in [-0.15, -0.1) is 0 Å². The molecular formula is C15H24N2O6S. The minimum Gasteiger partial charge on any atom is -0.481 e. The number of carbonyl (C=O) groups excluding carboxylic acids is 1. The Morgan fingerprint density at radius 3 is 2.25 bits per heavy atom. The number of nitrogens with zero attached hydrogens (tertiary/aromatic N) is 1. The Hall–Kier alpha value is -1.87. The van der Waals surface area contributed by atoms with E-state index in [-0.39, 0.29) is 22.8 Å². The monoisotopic (exact) mass is 360 g/mol. The molecule has 0 spiro atoms. The summed E-state index contributed by atoms with van der Waals surface area (Å²) in [5, 5.41) is 11.7. The van der Waals surface area contributed by atoms with E-state index in [4.69, 9.17) is 9.52 Å². The fraction of sp³-hybridized carbons (Fsp3) is 0.600. The van der Waals surface area contributed by atoms with Crippen LogP contribution in [0.3, 0.4) is 0 Å². The maximum absolute atomic E-state index is 12.4. The minimum absolute atomic E-state index is 0.0884. The molecule has 0 unspecified atom stereocenters. The molecule has 0 radical (unpaired) electrons. The lowest BCUT2D eigenvalue weighted by atomic mass is 9.89. The number of carboxylic acids is 1. The fourth-order valence-electron chi connectivity index (χ4n) is 2.34. The van der Waals surface area contributed by atoms with Gasteiger partial charge in [0.2, 0.25) is 10.0 Å². The van der Waals surface area contributed by atoms with Crippen molar-refractivity contribution >= 4 is 21.9 Å². The van der Waals surface area contributed by atoms with Crippen molar-refractivity contribution in [2.75, 3.05) is 14.1 Å². The van der Waals surface area contributed by atoms with E-state index in [0.717, 1.165) is 10.4 Å². The van der Waals surface area contributed by atoms with E-state index < -0.39 is 27.4 Å². The van der Waals surface area contributed by atoms with Crippen LogP contribution in [-0.2, 0) is 14.8 Å². The summed E-state index contributed by atoms with van der Waals surface area (Å²) in [5.41, 5.74) is -0.913. The average Bonchev–Trinajstić information content (AvgIpc) is 2.88. The van der Waals surface area contributed by atoms with Crippen LogP contribution in [0.25, 0.3) is 0 Å². The summed E-state index contributed by atoms with van der Waals surface area (Å²) in [6.45, 7) is 5.02. The van der Waals surface area contributed by atoms with E-state index in [0.29, 0.717) is 12.8 Å². The van der Waals surface area contributed by atoms with Crippen LogP contribution in [0.4, 0.5) is 0 Å². The highest BCUT2D eigenvalue weighted by atomic mass is 32.2. The van der Waals surface area contributed by atoms with E-state index >= 15 is 0 Å². The van der Waals surface area contributed by atoms with Gasteiger partial charge < -0.3 is 14.8 Å². The molecule has 8 nitrogen and oxygen atoms in total. The molecule has 0 bridgehead atoms. The number of aliphatic carboxylic acids is 1. The second kappa shape index (κ2) is 7.35. The zero-order valence-electron chi connectivity index (χ0n) is 14.5. The number of aryl methyl sites for hydroxylation is 1. The normalized spacial score (nSPS) is 12.4. The third-order valence-electron chi connectivity index (χ3n) is 4.08. The van der Waals surface area contributed by atoms with Crippen LogP contribution in [0.1, 0.15) is 49.4 Å². The topological polar surface area (TPSA) is 117 Å². The SMILES string of the molecule is CCC(CC)(CC(=O)O)NC(=O)c1cc(S(=O)(=O)N(C)C)c(C)o1. The van der Waals surface area contributed by atoms with Crippen molar-refractivity contribution in [3.05, 3.63) is 17.6 Å². The van der Waals surface area contributed by atoms with Crippen molar-refractivity contribution in [3.8, 4) is 0 Å². The van der Waals surface area contributed by atoms with Gasteiger partial charge in [0.1, 0.15) is 10.7 Å². The van der Waals surface area contributed by atoms with Gasteiger partial charge in [0, 0.05) is 20.2 Å². The number of carboxylic acid groups (broad SMARTS) is 1. The van der Waals surface area contributed by atoms with Crippen LogP contribution in [0.2, 0.25) is 0 Å². The first kappa shape index (κ1) is 20.2. The van der Waals surface area contributed by atoms with Gasteiger partial charge in [0.15, 0.2) is 5.76 Å². The Kier molecular flexibility index (Phi) is 6.18. The first-order chi connectivity index (χ1) is 11.0. The summed E-state index contributed by atoms with van der Waals surface area (Å²) in [6.07, 6.45) is 0.614. The summed E-state index contributed by atoms with van der Waals surface area (Å²) in [7, 11) is -0.964. The maximum Gasteiger partial charge on any atom is 0.305 e. The Labute approximate surface area is 141 Å². The molecule has 24 heavy (non-hydrogen) atoms. The van der Waals surface area contributed by atoms with Crippen molar-refractivity contribution in [2.24, 2.45) is 0 Å². The number of hydrogen-bond acceptors (Lipinski definition) is 5. The molecule has 1 aromatic heterocycles. The van der Waals surface area contributed by atoms with E-state index in [1.807, 2.05) is 0 Å². The summed E-state index contributed by atoms with van der Waals surface area (Å²) in [4.78, 5) is 23.4. The summed E-state index contributed by atoms with van der Waals surface area (Å²) in [6, 6.07) is 1.16. The lowest BCUT2D eigenvalue weighted by Gasteiger charge is -2.30. The highest BCUT2D eigenvalue weighted by molar-refractivity contribution is 7.89. The van der Waals surface area contributed by atoms with Gasteiger partial charge in [-0.25, -0.2) is 12.7 Å². The Bertz CT molecular complexity index is 716. The van der Waals surface area contributed by atoms with Crippen molar-refractivity contribution in [1.82, 2.24) is 9.62 Å². The van der Waals surface area contributed by atoms with Crippen LogP contribution in [0, 0.1) is 6.92 Å². The molecule has 1 rings (SSSR count). The Morgan fingerprint density at radius 1 is 1.29 bits per heavy atom. The molecule has 0 fully saturated rings. The molecule has 0 atom stereocenters. The molecule has 9 heteroatoms. The van der Waals surface area contributed by atoms with E-state index in [1.165, 1.54) is 21.0 Å². The zero-order valence-corrected chi connectivity index (χ0v) is 15.4. The van der Waals surface area contributed by atoms with Crippen LogP contribution >= 0.6 is 0 Å². The van der Waals surface area contributed by atoms with Crippen LogP contribution in [0.5, 0.6) is 0 Å². The largest absolute Gasteiger partial charge is 0.481 e. The molecule has 0 aliphatic rings. The van der Waals surface area contributed by atoms with Crippen LogP contribution < -0.4 is 5.32 Å². The van der Waals surface area contributed by atoms with Crippen molar-refractivity contribution < 1.29 is 27.5 Å². The summed E-state index contributed by atoms with van der Waals surface area (Å²) in [5.74, 6) is -1.72. The predicted molar refractivity (Wildman–Crippen MR) is 87.3 cm³/mol. The van der Waals surface area contributed by atoms with E-state index in [2.05, 4.69) is 5.32 Å². The first-order valence-electron chi connectivity index (χ1n) is 7.56. The van der Waals surface area contributed by atoms with Crippen molar-refractivity contribution in [2.45, 2.75) is 50.5 Å². The molecule has 1 amide bonds. The maximum atomic E-state index is 12.4. The van der Waals surface area contributed by atoms with Gasteiger partial charge in [-0.3, -0.25) is 9.59 Å². The van der Waals surface area contributed by atoms with Gasteiger partial charge in [0.05, 0.1) is 12.0 Å². The highest BCUT2D eigenvalue weighted by Crippen LogP contribution is 2.25. The number of hydrogen-bond donors (Lipinski definition) is 2. The second-order valence-corrected chi connectivity index (χ2v) is 7.95. The van der Waals surface area contributed by atoms with Gasteiger partial charge in [0.25, 0.3) is 5.91 Å². The van der Waals surface area contributed by atoms with Gasteiger partial charge in [-0.2, -0.15) is 0 Å². The molecule has 0 saturated carbocycles. The van der Waals surface area contributed by atoms with Gasteiger partial charge >= 0.3 is 5.97 Å². The zero-order chi connectivity index (χ0) is 18.7. The lowest BCUT2D eigenvalue weighted by molar-refractivity contribution is -0.138. The number of sulfonamides is 1. The molecule has 0 saturated heterocycles. The quantitative estimate of drug-likeness (QED) is 0.727. The van der Waals surface area contributed by atoms with Gasteiger partial charge in [-0.1, -0.05) is 13.8 Å². The molecular weight excluding hydrogens is 336 g/mol. The molecule has 2 N–H and O–H groups in total. The molecule has 0 aliphatic carbocycles. The molecule has 136 valence electrons. The van der Waals surface area contributed by atoms with E-state index in [9.17, 15) is 18.0 Å². The van der Waals surface area contributed by atoms with Crippen molar-refractivity contribution in [1.29, 1.82) is 0 Å². The number of furan rings is 1. The third kappa shape index (κ3) is 4.15. The average molecular weight is 360 g/mol. The van der Waals surface area contributed by atoms with E-state index in [1.54, 1.807) is 13.8 Å². The third-order valence-corrected chi connectivity index (χ3v) is 6.00. The first-order valence-corrected chi connectivity index (χ1v) is 9.00. The number of rotatable bonds is 8. The van der Waals surface area contributed by atoms with Gasteiger partial charge in [-0.05, 0) is 19.8 Å². The summed E-state index contributed by atoms with van der Waals surface area (Å²) < 4.78 is 30.7. The molecule has 1 aromatic rings. The number of nitrogens with one attached hydrogen (secondary N) is 1. The second-order valence-electron chi connectivity index (χ2n) is 5.83. The summed E-state index contributed by atoms with van der Waals surface area (Å²) >= 11 is 0. The Morgan fingerprint density at radius 2 is 1.83 bits per heavy atom. The van der Waals surface area contributed by atoms with Crippen LogP contribution in [-0.4, -0.2) is 49.3 Å². The Balaban J connectivity index is 3.15. The fourth-order valence-corrected chi connectivity index (χ4v) is 3.40. The number of amides is 1. The predicted octanol–water partition coefficient (Wildman–Crippen LogP) is 1.60. The van der Waals surface area contributed by atoms with Crippen LogP contribution in [0.15, 0.2) is 15.4 Å². The molecule has 1 heterocycles. The molecule has 0 aromatic carbocycles.